The normalized spacial score (nSPS) is 33.3. The number of benzene rings is 1. The van der Waals surface area contributed by atoms with Crippen molar-refractivity contribution in [3.05, 3.63) is 35.9 Å². The van der Waals surface area contributed by atoms with E-state index in [0.717, 1.165) is 5.56 Å². The molecule has 0 heterocycles. The van der Waals surface area contributed by atoms with E-state index in [2.05, 4.69) is 0 Å². The number of aliphatic hydroxyl groups is 1. The third-order valence-corrected chi connectivity index (χ3v) is 3.76. The number of rotatable bonds is 2. The largest absolute Gasteiger partial charge is 0.393 e. The second-order valence-corrected chi connectivity index (χ2v) is 4.74. The number of carbonyl (C=O) groups is 1. The van der Waals surface area contributed by atoms with Crippen LogP contribution in [0.5, 0.6) is 0 Å². The summed E-state index contributed by atoms with van der Waals surface area (Å²) in [5.41, 5.74) is 11.7. The van der Waals surface area contributed by atoms with E-state index in [0.29, 0.717) is 19.3 Å². The molecule has 0 radical (unpaired) electrons. The standard InChI is InChI=1S/C13H18N2O2/c14-11-8-10(16)6-7-13(11,12(15)17)9-4-2-1-3-5-9/h1-5,10-11,16H,6-8,14H2,(H2,15,17). The Morgan fingerprint density at radius 1 is 1.35 bits per heavy atom. The van der Waals surface area contributed by atoms with Gasteiger partial charge in [0.2, 0.25) is 5.91 Å². The first-order chi connectivity index (χ1) is 8.07. The monoisotopic (exact) mass is 234 g/mol. The van der Waals surface area contributed by atoms with Gasteiger partial charge < -0.3 is 16.6 Å². The fraction of sp³-hybridized carbons (Fsp3) is 0.462. The van der Waals surface area contributed by atoms with Gasteiger partial charge in [-0.15, -0.1) is 0 Å². The average molecular weight is 234 g/mol. The summed E-state index contributed by atoms with van der Waals surface area (Å²) in [5.74, 6) is -0.400. The first-order valence-corrected chi connectivity index (χ1v) is 5.86. The van der Waals surface area contributed by atoms with Crippen LogP contribution in [-0.4, -0.2) is 23.2 Å². The molecule has 1 saturated carbocycles. The van der Waals surface area contributed by atoms with E-state index in [9.17, 15) is 9.90 Å². The van der Waals surface area contributed by atoms with Gasteiger partial charge in [0.05, 0.1) is 11.5 Å². The molecule has 5 N–H and O–H groups in total. The van der Waals surface area contributed by atoms with E-state index in [1.54, 1.807) is 0 Å². The van der Waals surface area contributed by atoms with Crippen molar-refractivity contribution < 1.29 is 9.90 Å². The van der Waals surface area contributed by atoms with Gasteiger partial charge in [0.1, 0.15) is 0 Å². The Balaban J connectivity index is 2.44. The van der Waals surface area contributed by atoms with Crippen molar-refractivity contribution in [2.75, 3.05) is 0 Å². The van der Waals surface area contributed by atoms with E-state index >= 15 is 0 Å². The molecule has 3 atom stereocenters. The number of carbonyl (C=O) groups excluding carboxylic acids is 1. The van der Waals surface area contributed by atoms with E-state index in [1.807, 2.05) is 30.3 Å². The molecule has 1 aromatic carbocycles. The minimum atomic E-state index is -0.833. The van der Waals surface area contributed by atoms with Gasteiger partial charge in [-0.2, -0.15) is 0 Å². The van der Waals surface area contributed by atoms with Crippen molar-refractivity contribution >= 4 is 5.91 Å². The van der Waals surface area contributed by atoms with Crippen LogP contribution < -0.4 is 11.5 Å². The van der Waals surface area contributed by atoms with Gasteiger partial charge in [0.15, 0.2) is 0 Å². The van der Waals surface area contributed by atoms with Crippen LogP contribution in [0.25, 0.3) is 0 Å². The third-order valence-electron chi connectivity index (χ3n) is 3.76. The van der Waals surface area contributed by atoms with Gasteiger partial charge in [0, 0.05) is 6.04 Å². The molecule has 0 spiro atoms. The van der Waals surface area contributed by atoms with Gasteiger partial charge >= 0.3 is 0 Å². The summed E-state index contributed by atoms with van der Waals surface area (Å²) < 4.78 is 0. The second kappa shape index (κ2) is 4.47. The van der Waals surface area contributed by atoms with Gasteiger partial charge in [-0.05, 0) is 24.8 Å². The molecule has 4 nitrogen and oxygen atoms in total. The SMILES string of the molecule is NC(=O)C1(c2ccccc2)CCC(O)CC1N. The summed E-state index contributed by atoms with van der Waals surface area (Å²) in [5, 5.41) is 9.61. The van der Waals surface area contributed by atoms with Crippen LogP contribution in [0.2, 0.25) is 0 Å². The van der Waals surface area contributed by atoms with Gasteiger partial charge in [0.25, 0.3) is 0 Å². The summed E-state index contributed by atoms with van der Waals surface area (Å²) in [6.07, 6.45) is 1.05. The van der Waals surface area contributed by atoms with Crippen LogP contribution in [0.15, 0.2) is 30.3 Å². The quantitative estimate of drug-likeness (QED) is 0.686. The zero-order chi connectivity index (χ0) is 12.5. The zero-order valence-electron chi connectivity index (χ0n) is 9.67. The molecule has 1 amide bonds. The first kappa shape index (κ1) is 12.1. The molecule has 1 fully saturated rings. The third kappa shape index (κ3) is 1.94. The summed E-state index contributed by atoms with van der Waals surface area (Å²) in [7, 11) is 0. The number of primary amides is 1. The van der Waals surface area contributed by atoms with Crippen LogP contribution in [0.4, 0.5) is 0 Å². The molecule has 0 aliphatic heterocycles. The molecule has 3 unspecified atom stereocenters. The van der Waals surface area contributed by atoms with Crippen molar-refractivity contribution in [1.29, 1.82) is 0 Å². The van der Waals surface area contributed by atoms with Crippen molar-refractivity contribution in [3.8, 4) is 0 Å². The number of amides is 1. The van der Waals surface area contributed by atoms with Crippen LogP contribution >= 0.6 is 0 Å². The highest BCUT2D eigenvalue weighted by Crippen LogP contribution is 2.38. The van der Waals surface area contributed by atoms with Crippen LogP contribution in [0.3, 0.4) is 0 Å². The minimum absolute atomic E-state index is 0.400. The van der Waals surface area contributed by atoms with E-state index in [4.69, 9.17) is 11.5 Å². The molecule has 0 saturated heterocycles. The predicted molar refractivity (Wildman–Crippen MR) is 65.1 cm³/mol. The highest BCUT2D eigenvalue weighted by molar-refractivity contribution is 5.88. The van der Waals surface area contributed by atoms with Crippen molar-refractivity contribution in [1.82, 2.24) is 0 Å². The first-order valence-electron chi connectivity index (χ1n) is 5.86. The van der Waals surface area contributed by atoms with E-state index in [1.165, 1.54) is 0 Å². The zero-order valence-corrected chi connectivity index (χ0v) is 9.67. The molecule has 4 heteroatoms. The Hall–Kier alpha value is -1.39. The van der Waals surface area contributed by atoms with Crippen molar-refractivity contribution in [3.63, 3.8) is 0 Å². The Morgan fingerprint density at radius 2 is 2.00 bits per heavy atom. The molecule has 2 rings (SSSR count). The van der Waals surface area contributed by atoms with Gasteiger partial charge in [-0.3, -0.25) is 4.79 Å². The maximum Gasteiger partial charge on any atom is 0.229 e. The second-order valence-electron chi connectivity index (χ2n) is 4.74. The molecule has 1 aliphatic carbocycles. The Kier molecular flexibility index (Phi) is 3.17. The molecule has 0 bridgehead atoms. The van der Waals surface area contributed by atoms with Gasteiger partial charge in [-0.1, -0.05) is 30.3 Å². The lowest BCUT2D eigenvalue weighted by Gasteiger charge is -2.41. The molecule has 17 heavy (non-hydrogen) atoms. The Morgan fingerprint density at radius 3 is 2.53 bits per heavy atom. The fourth-order valence-corrected chi connectivity index (χ4v) is 2.73. The minimum Gasteiger partial charge on any atom is -0.393 e. The summed E-state index contributed by atoms with van der Waals surface area (Å²) >= 11 is 0. The number of aliphatic hydroxyl groups excluding tert-OH is 1. The predicted octanol–water partition coefficient (Wildman–Crippen LogP) is 0.282. The molecule has 1 aliphatic rings. The summed E-state index contributed by atoms with van der Waals surface area (Å²) in [6.45, 7) is 0. The summed E-state index contributed by atoms with van der Waals surface area (Å²) in [6, 6.07) is 8.97. The molecule has 1 aromatic rings. The summed E-state index contributed by atoms with van der Waals surface area (Å²) in [4.78, 5) is 11.9. The topological polar surface area (TPSA) is 89.3 Å². The number of nitrogens with two attached hydrogens (primary N) is 2. The van der Waals surface area contributed by atoms with Crippen LogP contribution in [-0.2, 0) is 10.2 Å². The lowest BCUT2D eigenvalue weighted by Crippen LogP contribution is -2.58. The molecule has 0 aromatic heterocycles. The lowest BCUT2D eigenvalue weighted by atomic mass is 9.65. The Labute approximate surface area is 101 Å². The number of hydrogen-bond donors (Lipinski definition) is 3. The fourth-order valence-electron chi connectivity index (χ4n) is 2.73. The van der Waals surface area contributed by atoms with Crippen molar-refractivity contribution in [2.45, 2.75) is 36.8 Å². The average Bonchev–Trinajstić information content (AvgIpc) is 2.30. The number of hydrogen-bond acceptors (Lipinski definition) is 3. The Bertz CT molecular complexity index is 407. The smallest absolute Gasteiger partial charge is 0.229 e. The van der Waals surface area contributed by atoms with E-state index < -0.39 is 23.5 Å². The lowest BCUT2D eigenvalue weighted by molar-refractivity contribution is -0.126. The van der Waals surface area contributed by atoms with Crippen LogP contribution in [0.1, 0.15) is 24.8 Å². The highest BCUT2D eigenvalue weighted by atomic mass is 16.3. The molecular formula is C13H18N2O2. The van der Waals surface area contributed by atoms with E-state index in [-0.39, 0.29) is 0 Å². The highest BCUT2D eigenvalue weighted by Gasteiger charge is 2.47. The van der Waals surface area contributed by atoms with Crippen LogP contribution in [0, 0.1) is 0 Å². The maximum absolute atomic E-state index is 11.9. The van der Waals surface area contributed by atoms with Crippen molar-refractivity contribution in [2.24, 2.45) is 11.5 Å². The van der Waals surface area contributed by atoms with Gasteiger partial charge in [-0.25, -0.2) is 0 Å². The maximum atomic E-state index is 11.9. The molecular weight excluding hydrogens is 216 g/mol. The molecule has 92 valence electrons.